The van der Waals surface area contributed by atoms with Gasteiger partial charge in [-0.25, -0.2) is 4.39 Å². The van der Waals surface area contributed by atoms with E-state index in [0.29, 0.717) is 0 Å². The second-order valence-corrected chi connectivity index (χ2v) is 6.85. The fourth-order valence-electron chi connectivity index (χ4n) is 3.58. The summed E-state index contributed by atoms with van der Waals surface area (Å²) in [6, 6.07) is 17.7. The Hall–Kier alpha value is -1.75. The zero-order valence-electron chi connectivity index (χ0n) is 15.6. The molecule has 1 fully saturated rings. The maximum atomic E-state index is 13.4. The van der Waals surface area contributed by atoms with Gasteiger partial charge in [-0.3, -0.25) is 9.80 Å². The largest absolute Gasteiger partial charge is 0.380 e. The van der Waals surface area contributed by atoms with Gasteiger partial charge >= 0.3 is 0 Å². The molecule has 1 aliphatic heterocycles. The highest BCUT2D eigenvalue weighted by Gasteiger charge is 2.26. The average molecular weight is 356 g/mol. The van der Waals surface area contributed by atoms with Gasteiger partial charge < -0.3 is 4.74 Å². The van der Waals surface area contributed by atoms with Gasteiger partial charge in [0.25, 0.3) is 0 Å². The van der Waals surface area contributed by atoms with Crippen molar-refractivity contribution >= 4 is 0 Å². The zero-order valence-corrected chi connectivity index (χ0v) is 15.6. The van der Waals surface area contributed by atoms with Crippen molar-refractivity contribution in [3.63, 3.8) is 0 Å². The van der Waals surface area contributed by atoms with E-state index in [0.717, 1.165) is 57.9 Å². The van der Waals surface area contributed by atoms with Crippen molar-refractivity contribution in [3.05, 3.63) is 71.5 Å². The molecule has 26 heavy (non-hydrogen) atoms. The van der Waals surface area contributed by atoms with Crippen molar-refractivity contribution in [3.8, 4) is 0 Å². The number of benzene rings is 2. The molecule has 0 spiro atoms. The monoisotopic (exact) mass is 356 g/mol. The summed E-state index contributed by atoms with van der Waals surface area (Å²) in [5.74, 6) is -0.183. The fraction of sp³-hybridized carbons (Fsp3) is 0.455. The standard InChI is InChI=1S/C22H29FN2O/c1-2-17-26-18-16-24-12-14-25(15-13-24)22(19-6-4-3-5-7-19)20-8-10-21(23)11-9-20/h3-11,22H,2,12-18H2,1H3. The first-order chi connectivity index (χ1) is 12.8. The van der Waals surface area contributed by atoms with E-state index in [2.05, 4.69) is 41.0 Å². The molecule has 140 valence electrons. The van der Waals surface area contributed by atoms with Crippen LogP contribution in [0.5, 0.6) is 0 Å². The lowest BCUT2D eigenvalue weighted by Gasteiger charge is -2.39. The minimum Gasteiger partial charge on any atom is -0.380 e. The second-order valence-electron chi connectivity index (χ2n) is 6.85. The van der Waals surface area contributed by atoms with E-state index in [4.69, 9.17) is 4.74 Å². The second kappa shape index (κ2) is 9.81. The number of nitrogens with zero attached hydrogens (tertiary/aromatic N) is 2. The van der Waals surface area contributed by atoms with Crippen LogP contribution in [-0.2, 0) is 4.74 Å². The van der Waals surface area contributed by atoms with Crippen LogP contribution >= 0.6 is 0 Å². The van der Waals surface area contributed by atoms with Gasteiger partial charge in [0.15, 0.2) is 0 Å². The minimum absolute atomic E-state index is 0.176. The molecule has 2 aromatic carbocycles. The zero-order chi connectivity index (χ0) is 18.2. The number of halogens is 1. The van der Waals surface area contributed by atoms with Crippen LogP contribution < -0.4 is 0 Å². The van der Waals surface area contributed by atoms with E-state index in [-0.39, 0.29) is 11.9 Å². The highest BCUT2D eigenvalue weighted by molar-refractivity contribution is 5.32. The van der Waals surface area contributed by atoms with Gasteiger partial charge in [0.1, 0.15) is 5.82 Å². The van der Waals surface area contributed by atoms with Crippen LogP contribution in [0.1, 0.15) is 30.5 Å². The first-order valence-electron chi connectivity index (χ1n) is 9.62. The average Bonchev–Trinajstić information content (AvgIpc) is 2.69. The van der Waals surface area contributed by atoms with Crippen molar-refractivity contribution in [1.82, 2.24) is 9.80 Å². The molecule has 3 nitrogen and oxygen atoms in total. The lowest BCUT2D eigenvalue weighted by molar-refractivity contribution is 0.0669. The first-order valence-corrected chi connectivity index (χ1v) is 9.62. The summed E-state index contributed by atoms with van der Waals surface area (Å²) in [7, 11) is 0. The van der Waals surface area contributed by atoms with E-state index < -0.39 is 0 Å². The fourth-order valence-corrected chi connectivity index (χ4v) is 3.58. The molecular formula is C22H29FN2O. The SMILES string of the molecule is CCCOCCN1CCN(C(c2ccccc2)c2ccc(F)cc2)CC1. The highest BCUT2D eigenvalue weighted by atomic mass is 19.1. The molecule has 4 heteroatoms. The Morgan fingerprint density at radius 1 is 0.885 bits per heavy atom. The van der Waals surface area contributed by atoms with E-state index in [1.165, 1.54) is 5.56 Å². The van der Waals surface area contributed by atoms with Crippen molar-refractivity contribution in [2.75, 3.05) is 45.9 Å². The third kappa shape index (κ3) is 5.13. The molecule has 0 radical (unpaired) electrons. The summed E-state index contributed by atoms with van der Waals surface area (Å²) in [5.41, 5.74) is 2.41. The van der Waals surface area contributed by atoms with Gasteiger partial charge in [-0.05, 0) is 29.7 Å². The summed E-state index contributed by atoms with van der Waals surface area (Å²) >= 11 is 0. The summed E-state index contributed by atoms with van der Waals surface area (Å²) < 4.78 is 19.0. The van der Waals surface area contributed by atoms with Crippen LogP contribution in [0.25, 0.3) is 0 Å². The number of ether oxygens (including phenoxy) is 1. The van der Waals surface area contributed by atoms with Crippen LogP contribution in [0.3, 0.4) is 0 Å². The van der Waals surface area contributed by atoms with Crippen LogP contribution in [0.4, 0.5) is 4.39 Å². The molecule has 0 aromatic heterocycles. The van der Waals surface area contributed by atoms with Gasteiger partial charge in [-0.1, -0.05) is 49.4 Å². The molecular weight excluding hydrogens is 327 g/mol. The Balaban J connectivity index is 1.66. The topological polar surface area (TPSA) is 15.7 Å². The lowest BCUT2D eigenvalue weighted by atomic mass is 9.96. The van der Waals surface area contributed by atoms with E-state index in [1.807, 2.05) is 18.2 Å². The minimum atomic E-state index is -0.183. The number of rotatable bonds is 8. The maximum absolute atomic E-state index is 13.4. The lowest BCUT2D eigenvalue weighted by Crippen LogP contribution is -2.48. The molecule has 0 N–H and O–H groups in total. The third-order valence-electron chi connectivity index (χ3n) is 4.97. The Kier molecular flexibility index (Phi) is 7.18. The summed E-state index contributed by atoms with van der Waals surface area (Å²) in [6.07, 6.45) is 1.07. The molecule has 1 aliphatic rings. The van der Waals surface area contributed by atoms with Crippen LogP contribution in [0.2, 0.25) is 0 Å². The van der Waals surface area contributed by atoms with Crippen LogP contribution in [0.15, 0.2) is 54.6 Å². The number of piperazine rings is 1. The molecule has 1 unspecified atom stereocenters. The van der Waals surface area contributed by atoms with Gasteiger partial charge in [-0.2, -0.15) is 0 Å². The van der Waals surface area contributed by atoms with Crippen molar-refractivity contribution in [2.24, 2.45) is 0 Å². The number of hydrogen-bond acceptors (Lipinski definition) is 3. The summed E-state index contributed by atoms with van der Waals surface area (Å²) in [4.78, 5) is 4.98. The molecule has 1 heterocycles. The molecule has 0 saturated carbocycles. The Morgan fingerprint density at radius 3 is 2.19 bits per heavy atom. The summed E-state index contributed by atoms with van der Waals surface area (Å²) in [6.45, 7) is 8.89. The summed E-state index contributed by atoms with van der Waals surface area (Å²) in [5, 5.41) is 0. The smallest absolute Gasteiger partial charge is 0.123 e. The predicted octanol–water partition coefficient (Wildman–Crippen LogP) is 3.96. The molecule has 1 atom stereocenters. The predicted molar refractivity (Wildman–Crippen MR) is 104 cm³/mol. The van der Waals surface area contributed by atoms with Crippen molar-refractivity contribution in [2.45, 2.75) is 19.4 Å². The Bertz CT molecular complexity index is 639. The van der Waals surface area contributed by atoms with Gasteiger partial charge in [0, 0.05) is 39.3 Å². The van der Waals surface area contributed by atoms with Gasteiger partial charge in [-0.15, -0.1) is 0 Å². The van der Waals surface area contributed by atoms with Crippen molar-refractivity contribution in [1.29, 1.82) is 0 Å². The molecule has 2 aromatic rings. The van der Waals surface area contributed by atoms with Crippen LogP contribution in [0, 0.1) is 5.82 Å². The van der Waals surface area contributed by atoms with Crippen molar-refractivity contribution < 1.29 is 9.13 Å². The molecule has 0 aliphatic carbocycles. The molecule has 0 bridgehead atoms. The normalized spacial score (nSPS) is 17.3. The third-order valence-corrected chi connectivity index (χ3v) is 4.97. The van der Waals surface area contributed by atoms with Crippen LogP contribution in [-0.4, -0.2) is 55.7 Å². The van der Waals surface area contributed by atoms with E-state index >= 15 is 0 Å². The van der Waals surface area contributed by atoms with Gasteiger partial charge in [0.2, 0.25) is 0 Å². The maximum Gasteiger partial charge on any atom is 0.123 e. The first kappa shape index (κ1) is 19.0. The quantitative estimate of drug-likeness (QED) is 0.666. The molecule has 1 saturated heterocycles. The van der Waals surface area contributed by atoms with Gasteiger partial charge in [0.05, 0.1) is 12.6 Å². The molecule has 0 amide bonds. The Morgan fingerprint density at radius 2 is 1.54 bits per heavy atom. The Labute approximate surface area is 156 Å². The number of hydrogen-bond donors (Lipinski definition) is 0. The highest BCUT2D eigenvalue weighted by Crippen LogP contribution is 2.29. The molecule has 3 rings (SSSR count). The van der Waals surface area contributed by atoms with E-state index in [9.17, 15) is 4.39 Å². The van der Waals surface area contributed by atoms with E-state index in [1.54, 1.807) is 12.1 Å².